The van der Waals surface area contributed by atoms with Crippen LogP contribution in [0, 0.1) is 13.8 Å². The second-order valence-electron chi connectivity index (χ2n) is 4.60. The fourth-order valence-corrected chi connectivity index (χ4v) is 2.89. The van der Waals surface area contributed by atoms with Gasteiger partial charge in [-0.05, 0) is 32.2 Å². The Morgan fingerprint density at radius 2 is 2.21 bits per heavy atom. The largest absolute Gasteiger partial charge is 0.337 e. The van der Waals surface area contributed by atoms with Gasteiger partial charge in [-0.3, -0.25) is 9.48 Å². The monoisotopic (exact) mass is 277 g/mol. The summed E-state index contributed by atoms with van der Waals surface area (Å²) in [5.41, 5.74) is 3.30. The van der Waals surface area contributed by atoms with Crippen molar-refractivity contribution in [2.45, 2.75) is 33.9 Å². The first-order valence-electron chi connectivity index (χ1n) is 6.36. The summed E-state index contributed by atoms with van der Waals surface area (Å²) in [7, 11) is 1.84. The van der Waals surface area contributed by atoms with Gasteiger partial charge >= 0.3 is 0 Å². The molecule has 0 N–H and O–H groups in total. The molecule has 2 rings (SSSR count). The van der Waals surface area contributed by atoms with Gasteiger partial charge in [-0.1, -0.05) is 6.07 Å². The highest BCUT2D eigenvalue weighted by molar-refractivity contribution is 7.12. The third kappa shape index (κ3) is 2.71. The van der Waals surface area contributed by atoms with Crippen LogP contribution in [0.2, 0.25) is 0 Å². The van der Waals surface area contributed by atoms with Gasteiger partial charge in [0.2, 0.25) is 0 Å². The van der Waals surface area contributed by atoms with Crippen molar-refractivity contribution in [3.8, 4) is 0 Å². The summed E-state index contributed by atoms with van der Waals surface area (Å²) in [6.45, 7) is 7.59. The minimum atomic E-state index is 0.0676. The molecular formula is C14H19N3OS. The van der Waals surface area contributed by atoms with Crippen LogP contribution < -0.4 is 0 Å². The van der Waals surface area contributed by atoms with Gasteiger partial charge in [-0.2, -0.15) is 5.10 Å². The molecule has 5 heteroatoms. The Labute approximate surface area is 117 Å². The second-order valence-corrected chi connectivity index (χ2v) is 5.55. The summed E-state index contributed by atoms with van der Waals surface area (Å²) < 4.78 is 1.98. The molecule has 0 aliphatic carbocycles. The molecule has 0 spiro atoms. The molecule has 0 aliphatic rings. The smallest absolute Gasteiger partial charge is 0.263 e. The van der Waals surface area contributed by atoms with E-state index in [-0.39, 0.29) is 5.91 Å². The van der Waals surface area contributed by atoms with Crippen molar-refractivity contribution in [1.29, 1.82) is 0 Å². The quantitative estimate of drug-likeness (QED) is 0.862. The number of hydrogen-bond acceptors (Lipinski definition) is 3. The van der Waals surface area contributed by atoms with Crippen molar-refractivity contribution >= 4 is 17.2 Å². The van der Waals surface area contributed by atoms with E-state index < -0.39 is 0 Å². The molecule has 2 aromatic rings. The van der Waals surface area contributed by atoms with Crippen molar-refractivity contribution in [2.75, 3.05) is 7.05 Å². The molecule has 0 saturated heterocycles. The molecule has 102 valence electrons. The lowest BCUT2D eigenvalue weighted by atomic mass is 10.2. The molecule has 0 radical (unpaired) electrons. The van der Waals surface area contributed by atoms with Gasteiger partial charge in [-0.15, -0.1) is 11.3 Å². The topological polar surface area (TPSA) is 38.1 Å². The molecule has 2 heterocycles. The molecule has 1 amide bonds. The number of carbonyl (C=O) groups excluding carboxylic acids is 1. The minimum absolute atomic E-state index is 0.0676. The number of rotatable bonds is 4. The maximum absolute atomic E-state index is 12.2. The van der Waals surface area contributed by atoms with Crippen LogP contribution in [0.4, 0.5) is 0 Å². The zero-order valence-electron chi connectivity index (χ0n) is 11.8. The zero-order valence-corrected chi connectivity index (χ0v) is 12.6. The van der Waals surface area contributed by atoms with E-state index in [4.69, 9.17) is 0 Å². The Hall–Kier alpha value is -1.62. The summed E-state index contributed by atoms with van der Waals surface area (Å²) in [5.74, 6) is 0.0676. The summed E-state index contributed by atoms with van der Waals surface area (Å²) in [5, 5.41) is 6.41. The highest BCUT2D eigenvalue weighted by atomic mass is 32.1. The molecule has 0 aromatic carbocycles. The third-order valence-electron chi connectivity index (χ3n) is 3.30. The Morgan fingerprint density at radius 1 is 1.47 bits per heavy atom. The normalized spacial score (nSPS) is 10.7. The van der Waals surface area contributed by atoms with Crippen LogP contribution in [-0.2, 0) is 13.1 Å². The zero-order chi connectivity index (χ0) is 14.0. The predicted molar refractivity (Wildman–Crippen MR) is 77.5 cm³/mol. The molecule has 2 aromatic heterocycles. The SMILES string of the molecule is CCn1nc(C)c(CN(C)C(=O)c2cccs2)c1C. The van der Waals surface area contributed by atoms with E-state index in [0.717, 1.165) is 28.4 Å². The van der Waals surface area contributed by atoms with Crippen LogP contribution in [0.1, 0.15) is 33.5 Å². The maximum Gasteiger partial charge on any atom is 0.263 e. The van der Waals surface area contributed by atoms with Gasteiger partial charge < -0.3 is 4.90 Å². The number of aromatic nitrogens is 2. The van der Waals surface area contributed by atoms with Gasteiger partial charge in [-0.25, -0.2) is 0 Å². The van der Waals surface area contributed by atoms with Gasteiger partial charge in [0, 0.05) is 31.4 Å². The first kappa shape index (κ1) is 13.8. The first-order valence-corrected chi connectivity index (χ1v) is 7.24. The fourth-order valence-electron chi connectivity index (χ4n) is 2.17. The standard InChI is InChI=1S/C14H19N3OS/c1-5-17-11(3)12(10(2)15-17)9-16(4)14(18)13-7-6-8-19-13/h6-8H,5,9H2,1-4H3. The van der Waals surface area contributed by atoms with Crippen molar-refractivity contribution in [3.05, 3.63) is 39.3 Å². The molecular weight excluding hydrogens is 258 g/mol. The summed E-state index contributed by atoms with van der Waals surface area (Å²) >= 11 is 1.48. The summed E-state index contributed by atoms with van der Waals surface area (Å²) in [6.07, 6.45) is 0. The maximum atomic E-state index is 12.2. The van der Waals surface area contributed by atoms with Crippen molar-refractivity contribution in [2.24, 2.45) is 0 Å². The molecule has 0 unspecified atom stereocenters. The highest BCUT2D eigenvalue weighted by Crippen LogP contribution is 2.17. The van der Waals surface area contributed by atoms with E-state index in [9.17, 15) is 4.79 Å². The van der Waals surface area contributed by atoms with Gasteiger partial charge in [0.25, 0.3) is 5.91 Å². The van der Waals surface area contributed by atoms with E-state index in [0.29, 0.717) is 6.54 Å². The fraction of sp³-hybridized carbons (Fsp3) is 0.429. The van der Waals surface area contributed by atoms with Crippen LogP contribution in [0.3, 0.4) is 0 Å². The number of carbonyl (C=O) groups is 1. The average Bonchev–Trinajstić information content (AvgIpc) is 3.01. The van der Waals surface area contributed by atoms with E-state index in [1.54, 1.807) is 4.90 Å². The van der Waals surface area contributed by atoms with E-state index in [1.165, 1.54) is 11.3 Å². The van der Waals surface area contributed by atoms with E-state index >= 15 is 0 Å². The van der Waals surface area contributed by atoms with Crippen LogP contribution >= 0.6 is 11.3 Å². The third-order valence-corrected chi connectivity index (χ3v) is 4.16. The molecule has 0 atom stereocenters. The first-order chi connectivity index (χ1) is 9.04. The number of thiophene rings is 1. The van der Waals surface area contributed by atoms with Crippen molar-refractivity contribution in [3.63, 3.8) is 0 Å². The Bertz CT molecular complexity index is 572. The van der Waals surface area contributed by atoms with Gasteiger partial charge in [0.15, 0.2) is 0 Å². The second kappa shape index (κ2) is 5.57. The number of hydrogen-bond donors (Lipinski definition) is 0. The molecule has 19 heavy (non-hydrogen) atoms. The lowest BCUT2D eigenvalue weighted by Crippen LogP contribution is -2.26. The van der Waals surface area contributed by atoms with Crippen molar-refractivity contribution in [1.82, 2.24) is 14.7 Å². The molecule has 0 bridgehead atoms. The van der Waals surface area contributed by atoms with Crippen LogP contribution in [-0.4, -0.2) is 27.6 Å². The Morgan fingerprint density at radius 3 is 2.74 bits per heavy atom. The summed E-state index contributed by atoms with van der Waals surface area (Å²) in [4.78, 5) is 14.7. The summed E-state index contributed by atoms with van der Waals surface area (Å²) in [6, 6.07) is 3.76. The molecule has 0 aliphatic heterocycles. The predicted octanol–water partition coefficient (Wildman–Crippen LogP) is 2.85. The Kier molecular flexibility index (Phi) is 4.04. The van der Waals surface area contributed by atoms with E-state index in [1.807, 2.05) is 36.2 Å². The number of amides is 1. The van der Waals surface area contributed by atoms with E-state index in [2.05, 4.69) is 18.9 Å². The number of aryl methyl sites for hydroxylation is 2. The lowest BCUT2D eigenvalue weighted by molar-refractivity contribution is 0.0789. The minimum Gasteiger partial charge on any atom is -0.337 e. The molecule has 4 nitrogen and oxygen atoms in total. The van der Waals surface area contributed by atoms with Crippen molar-refractivity contribution < 1.29 is 4.79 Å². The van der Waals surface area contributed by atoms with Gasteiger partial charge in [0.05, 0.1) is 10.6 Å². The average molecular weight is 277 g/mol. The number of nitrogens with zero attached hydrogens (tertiary/aromatic N) is 3. The van der Waals surface area contributed by atoms with Crippen LogP contribution in [0.25, 0.3) is 0 Å². The lowest BCUT2D eigenvalue weighted by Gasteiger charge is -2.16. The molecule has 0 fully saturated rings. The molecule has 0 saturated carbocycles. The highest BCUT2D eigenvalue weighted by Gasteiger charge is 2.17. The van der Waals surface area contributed by atoms with Gasteiger partial charge in [0.1, 0.15) is 0 Å². The van der Waals surface area contributed by atoms with Crippen LogP contribution in [0.5, 0.6) is 0 Å². The Balaban J connectivity index is 2.17. The van der Waals surface area contributed by atoms with Crippen LogP contribution in [0.15, 0.2) is 17.5 Å².